The van der Waals surface area contributed by atoms with E-state index in [1.165, 1.54) is 16.7 Å². The van der Waals surface area contributed by atoms with Gasteiger partial charge in [-0.25, -0.2) is 9.37 Å². The quantitative estimate of drug-likeness (QED) is 0.693. The van der Waals surface area contributed by atoms with Crippen molar-refractivity contribution in [2.24, 2.45) is 0 Å². The Bertz CT molecular complexity index is 779. The highest BCUT2D eigenvalue weighted by Gasteiger charge is 2.17. The number of nitrogens with zero attached hydrogens (tertiary/aromatic N) is 3. The molecule has 0 saturated carbocycles. The van der Waals surface area contributed by atoms with Crippen LogP contribution in [-0.2, 0) is 4.79 Å². The van der Waals surface area contributed by atoms with Gasteiger partial charge in [0, 0.05) is 23.5 Å². The summed E-state index contributed by atoms with van der Waals surface area (Å²) in [6.45, 7) is 1.76. The van der Waals surface area contributed by atoms with Gasteiger partial charge in [-0.15, -0.1) is 0 Å². The number of carbonyl (C=O) groups excluding carboxylic acids is 1. The van der Waals surface area contributed by atoms with Crippen LogP contribution in [0, 0.1) is 12.7 Å². The zero-order chi connectivity index (χ0) is 14.8. The van der Waals surface area contributed by atoms with E-state index < -0.39 is 0 Å². The van der Waals surface area contributed by atoms with E-state index in [0.717, 1.165) is 17.5 Å². The van der Waals surface area contributed by atoms with Crippen LogP contribution in [0.1, 0.15) is 5.82 Å². The van der Waals surface area contributed by atoms with Gasteiger partial charge in [0.15, 0.2) is 0 Å². The lowest BCUT2D eigenvalue weighted by molar-refractivity contribution is 0.546. The number of hydrogen-bond acceptors (Lipinski definition) is 3. The minimum Gasteiger partial charge on any atom is -0.278 e. The minimum atomic E-state index is -0.309. The van der Waals surface area contributed by atoms with Crippen molar-refractivity contribution in [3.8, 4) is 22.5 Å². The highest BCUT2D eigenvalue weighted by molar-refractivity contribution is 5.83. The maximum atomic E-state index is 13.1. The summed E-state index contributed by atoms with van der Waals surface area (Å²) in [6, 6.07) is 9.67. The molecule has 0 fully saturated rings. The maximum Gasteiger partial charge on any atom is 0.219 e. The number of hydrogen-bond donors (Lipinski definition) is 0. The minimum absolute atomic E-state index is 0.309. The van der Waals surface area contributed by atoms with Crippen molar-refractivity contribution >= 4 is 6.41 Å². The van der Waals surface area contributed by atoms with Crippen LogP contribution in [-0.4, -0.2) is 20.9 Å². The van der Waals surface area contributed by atoms with E-state index in [-0.39, 0.29) is 5.82 Å². The fourth-order valence-corrected chi connectivity index (χ4v) is 2.27. The zero-order valence-corrected chi connectivity index (χ0v) is 11.3. The normalized spacial score (nSPS) is 10.6. The lowest BCUT2D eigenvalue weighted by atomic mass is 10.1. The Morgan fingerprint density at radius 3 is 2.33 bits per heavy atom. The predicted molar refractivity (Wildman–Crippen MR) is 77.7 cm³/mol. The van der Waals surface area contributed by atoms with Gasteiger partial charge in [0.25, 0.3) is 0 Å². The topological polar surface area (TPSA) is 47.8 Å². The summed E-state index contributed by atoms with van der Waals surface area (Å²) in [5.74, 6) is 0.270. The number of halogens is 1. The molecular formula is C16H12FN3O. The zero-order valence-electron chi connectivity index (χ0n) is 11.3. The third-order valence-corrected chi connectivity index (χ3v) is 3.26. The molecule has 0 bridgehead atoms. The van der Waals surface area contributed by atoms with Crippen molar-refractivity contribution in [1.82, 2.24) is 14.5 Å². The van der Waals surface area contributed by atoms with Gasteiger partial charge in [0.1, 0.15) is 11.6 Å². The van der Waals surface area contributed by atoms with Gasteiger partial charge >= 0.3 is 0 Å². The fourth-order valence-electron chi connectivity index (χ4n) is 2.27. The molecule has 0 aliphatic carbocycles. The first kappa shape index (κ1) is 13.2. The summed E-state index contributed by atoms with van der Waals surface area (Å²) in [5.41, 5.74) is 2.91. The molecule has 3 rings (SSSR count). The first-order chi connectivity index (χ1) is 10.2. The third-order valence-electron chi connectivity index (χ3n) is 3.26. The molecule has 0 aliphatic rings. The molecule has 0 spiro atoms. The lowest BCUT2D eigenvalue weighted by Gasteiger charge is -2.06. The molecule has 0 atom stereocenters. The first-order valence-corrected chi connectivity index (χ1v) is 6.41. The average Bonchev–Trinajstić information content (AvgIpc) is 2.85. The second kappa shape index (κ2) is 5.28. The van der Waals surface area contributed by atoms with Crippen LogP contribution in [0.2, 0.25) is 0 Å². The average molecular weight is 281 g/mol. The molecule has 0 radical (unpaired) electrons. The Balaban J connectivity index is 2.26. The van der Waals surface area contributed by atoms with Crippen molar-refractivity contribution in [3.63, 3.8) is 0 Å². The number of aryl methyl sites for hydroxylation is 1. The second-order valence-electron chi connectivity index (χ2n) is 4.57. The summed E-state index contributed by atoms with van der Waals surface area (Å²) in [7, 11) is 0. The van der Waals surface area contributed by atoms with E-state index in [1.54, 1.807) is 31.5 Å². The number of imidazole rings is 1. The van der Waals surface area contributed by atoms with E-state index >= 15 is 0 Å². The van der Waals surface area contributed by atoms with E-state index in [9.17, 15) is 9.18 Å². The number of carbonyl (C=O) groups is 1. The standard InChI is InChI=1S/C16H12FN3O/c1-11-19-15(12-2-4-14(17)5-3-12)16(20(11)10-21)13-6-8-18-9-7-13/h2-10H,1H3. The fraction of sp³-hybridized carbons (Fsp3) is 0.0625. The van der Waals surface area contributed by atoms with Crippen LogP contribution in [0.4, 0.5) is 4.39 Å². The Morgan fingerprint density at radius 1 is 1.05 bits per heavy atom. The Hall–Kier alpha value is -2.82. The first-order valence-electron chi connectivity index (χ1n) is 6.41. The molecule has 4 nitrogen and oxygen atoms in total. The van der Waals surface area contributed by atoms with Gasteiger partial charge < -0.3 is 0 Å². The molecule has 2 aromatic heterocycles. The van der Waals surface area contributed by atoms with Gasteiger partial charge in [0.05, 0.1) is 11.4 Å². The van der Waals surface area contributed by atoms with Gasteiger partial charge in [-0.1, -0.05) is 0 Å². The smallest absolute Gasteiger partial charge is 0.219 e. The van der Waals surface area contributed by atoms with Crippen LogP contribution in [0.5, 0.6) is 0 Å². The molecule has 0 N–H and O–H groups in total. The van der Waals surface area contributed by atoms with Crippen LogP contribution >= 0.6 is 0 Å². The summed E-state index contributed by atoms with van der Waals surface area (Å²) in [5, 5.41) is 0. The molecule has 104 valence electrons. The summed E-state index contributed by atoms with van der Waals surface area (Å²) >= 11 is 0. The molecule has 5 heteroatoms. The van der Waals surface area contributed by atoms with E-state index in [4.69, 9.17) is 0 Å². The number of pyridine rings is 1. The van der Waals surface area contributed by atoms with Crippen LogP contribution in [0.25, 0.3) is 22.5 Å². The van der Waals surface area contributed by atoms with E-state index in [1.807, 2.05) is 12.1 Å². The Morgan fingerprint density at radius 2 is 1.71 bits per heavy atom. The largest absolute Gasteiger partial charge is 0.278 e. The maximum absolute atomic E-state index is 13.1. The van der Waals surface area contributed by atoms with Crippen LogP contribution < -0.4 is 0 Å². The number of benzene rings is 1. The Labute approximate surface area is 120 Å². The molecule has 21 heavy (non-hydrogen) atoms. The number of rotatable bonds is 3. The van der Waals surface area contributed by atoms with Crippen LogP contribution in [0.15, 0.2) is 48.8 Å². The summed E-state index contributed by atoms with van der Waals surface area (Å²) in [4.78, 5) is 19.8. The van der Waals surface area contributed by atoms with Crippen molar-refractivity contribution in [2.75, 3.05) is 0 Å². The van der Waals surface area contributed by atoms with Crippen LogP contribution in [0.3, 0.4) is 0 Å². The monoisotopic (exact) mass is 281 g/mol. The summed E-state index contributed by atoms with van der Waals surface area (Å²) < 4.78 is 14.6. The van der Waals surface area contributed by atoms with Crippen molar-refractivity contribution in [1.29, 1.82) is 0 Å². The Kier molecular flexibility index (Phi) is 3.31. The van der Waals surface area contributed by atoms with Crippen molar-refractivity contribution in [2.45, 2.75) is 6.92 Å². The molecule has 0 saturated heterocycles. The molecule has 0 amide bonds. The van der Waals surface area contributed by atoms with Gasteiger partial charge in [0.2, 0.25) is 6.41 Å². The SMILES string of the molecule is Cc1nc(-c2ccc(F)cc2)c(-c2ccncc2)n1C=O. The molecular weight excluding hydrogens is 269 g/mol. The predicted octanol–water partition coefficient (Wildman–Crippen LogP) is 3.10. The lowest BCUT2D eigenvalue weighted by Crippen LogP contribution is -2.00. The van der Waals surface area contributed by atoms with E-state index in [0.29, 0.717) is 17.2 Å². The molecule has 0 unspecified atom stereocenters. The van der Waals surface area contributed by atoms with E-state index in [2.05, 4.69) is 9.97 Å². The van der Waals surface area contributed by atoms with Gasteiger partial charge in [-0.3, -0.25) is 14.3 Å². The van der Waals surface area contributed by atoms with Crippen molar-refractivity contribution in [3.05, 3.63) is 60.4 Å². The molecule has 2 heterocycles. The molecule has 0 aliphatic heterocycles. The second-order valence-corrected chi connectivity index (χ2v) is 4.57. The van der Waals surface area contributed by atoms with Gasteiger partial charge in [-0.2, -0.15) is 0 Å². The molecule has 1 aromatic carbocycles. The van der Waals surface area contributed by atoms with Gasteiger partial charge in [-0.05, 0) is 43.3 Å². The summed E-state index contributed by atoms with van der Waals surface area (Å²) in [6.07, 6.45) is 4.04. The number of aromatic nitrogens is 3. The molecule has 3 aromatic rings. The van der Waals surface area contributed by atoms with Crippen molar-refractivity contribution < 1.29 is 9.18 Å². The highest BCUT2D eigenvalue weighted by Crippen LogP contribution is 2.31. The third kappa shape index (κ3) is 2.33. The highest BCUT2D eigenvalue weighted by atomic mass is 19.1.